The first kappa shape index (κ1) is 16.8. The summed E-state index contributed by atoms with van der Waals surface area (Å²) in [6, 6.07) is 13.1. The molecule has 0 unspecified atom stereocenters. The van der Waals surface area contributed by atoms with E-state index in [0.717, 1.165) is 18.4 Å². The fraction of sp³-hybridized carbons (Fsp3) is 0.316. The van der Waals surface area contributed by atoms with E-state index in [1.54, 1.807) is 35.4 Å². The van der Waals surface area contributed by atoms with Crippen LogP contribution in [0.15, 0.2) is 42.6 Å². The number of aromatic nitrogens is 1. The zero-order chi connectivity index (χ0) is 17.6. The highest BCUT2D eigenvalue weighted by Crippen LogP contribution is 2.28. The third-order valence-corrected chi connectivity index (χ3v) is 3.93. The number of carbonyl (C=O) groups excluding carboxylic acids is 1. The lowest BCUT2D eigenvalue weighted by molar-refractivity contribution is 0.210. The Bertz CT molecular complexity index is 762. The van der Waals surface area contributed by atoms with Gasteiger partial charge in [-0.1, -0.05) is 6.07 Å². The molecule has 0 aliphatic heterocycles. The van der Waals surface area contributed by atoms with Crippen molar-refractivity contribution in [2.75, 3.05) is 11.9 Å². The van der Waals surface area contributed by atoms with Gasteiger partial charge in [-0.2, -0.15) is 5.26 Å². The first-order valence-corrected chi connectivity index (χ1v) is 8.31. The molecule has 1 heterocycles. The summed E-state index contributed by atoms with van der Waals surface area (Å²) in [5, 5.41) is 11.6. The molecule has 1 aliphatic carbocycles. The smallest absolute Gasteiger partial charge is 0.322 e. The minimum atomic E-state index is -0.161. The molecule has 25 heavy (non-hydrogen) atoms. The van der Waals surface area contributed by atoms with Crippen LogP contribution >= 0.6 is 0 Å². The van der Waals surface area contributed by atoms with Gasteiger partial charge in [0, 0.05) is 30.5 Å². The second-order valence-corrected chi connectivity index (χ2v) is 6.06. The first-order valence-electron chi connectivity index (χ1n) is 8.31. The molecule has 1 N–H and O–H groups in total. The molecule has 6 nitrogen and oxygen atoms in total. The van der Waals surface area contributed by atoms with E-state index in [1.807, 2.05) is 19.1 Å². The third kappa shape index (κ3) is 4.70. The summed E-state index contributed by atoms with van der Waals surface area (Å²) in [6.07, 6.45) is 4.11. The van der Waals surface area contributed by atoms with Gasteiger partial charge in [-0.25, -0.2) is 9.78 Å². The van der Waals surface area contributed by atoms with Crippen LogP contribution in [0, 0.1) is 18.3 Å². The summed E-state index contributed by atoms with van der Waals surface area (Å²) in [4.78, 5) is 18.3. The molecule has 0 atom stereocenters. The molecule has 3 rings (SSSR count). The largest absolute Gasteiger partial charge is 0.439 e. The molecule has 1 aromatic carbocycles. The molecular formula is C19H20N4O2. The molecule has 2 amide bonds. The number of aryl methyl sites for hydroxylation is 1. The third-order valence-electron chi connectivity index (χ3n) is 3.93. The number of nitrogens with one attached hydrogen (secondary N) is 1. The van der Waals surface area contributed by atoms with Crippen molar-refractivity contribution in [3.63, 3.8) is 0 Å². The number of hydrogen-bond donors (Lipinski definition) is 1. The predicted molar refractivity (Wildman–Crippen MR) is 94.5 cm³/mol. The normalized spacial score (nSPS) is 13.0. The molecule has 6 heteroatoms. The number of anilines is 1. The summed E-state index contributed by atoms with van der Waals surface area (Å²) >= 11 is 0. The van der Waals surface area contributed by atoms with E-state index in [9.17, 15) is 4.79 Å². The maximum Gasteiger partial charge on any atom is 0.322 e. The van der Waals surface area contributed by atoms with E-state index in [4.69, 9.17) is 10.00 Å². The van der Waals surface area contributed by atoms with Gasteiger partial charge in [0.05, 0.1) is 12.5 Å². The number of rotatable bonds is 6. The Hall–Kier alpha value is -3.07. The number of carbonyl (C=O) groups is 1. The van der Waals surface area contributed by atoms with Crippen LogP contribution in [0.1, 0.15) is 24.8 Å². The zero-order valence-corrected chi connectivity index (χ0v) is 14.1. The molecule has 0 bridgehead atoms. The second kappa shape index (κ2) is 7.67. The highest BCUT2D eigenvalue weighted by molar-refractivity contribution is 5.89. The van der Waals surface area contributed by atoms with Crippen LogP contribution in [-0.4, -0.2) is 28.5 Å². The SMILES string of the molecule is Cc1ccc(Oc2ccc(NC(=O)N(CCC#N)C3CC3)cc2)nc1. The maximum absolute atomic E-state index is 12.4. The lowest BCUT2D eigenvalue weighted by Crippen LogP contribution is -2.37. The van der Waals surface area contributed by atoms with Gasteiger partial charge in [0.2, 0.25) is 5.88 Å². The van der Waals surface area contributed by atoms with Gasteiger partial charge < -0.3 is 15.0 Å². The predicted octanol–water partition coefficient (Wildman–Crippen LogP) is 4.09. The van der Waals surface area contributed by atoms with Crippen molar-refractivity contribution in [1.82, 2.24) is 9.88 Å². The molecular weight excluding hydrogens is 316 g/mol. The summed E-state index contributed by atoms with van der Waals surface area (Å²) in [6.45, 7) is 2.43. The Balaban J connectivity index is 1.59. The average Bonchev–Trinajstić information content (AvgIpc) is 3.44. The Morgan fingerprint density at radius 2 is 2.08 bits per heavy atom. The van der Waals surface area contributed by atoms with Crippen LogP contribution in [0.5, 0.6) is 11.6 Å². The quantitative estimate of drug-likeness (QED) is 0.861. The minimum absolute atomic E-state index is 0.161. The number of benzene rings is 1. The Morgan fingerprint density at radius 1 is 1.32 bits per heavy atom. The number of nitriles is 1. The van der Waals surface area contributed by atoms with E-state index in [0.29, 0.717) is 30.3 Å². The topological polar surface area (TPSA) is 78.2 Å². The van der Waals surface area contributed by atoms with Crippen molar-refractivity contribution in [2.45, 2.75) is 32.2 Å². The maximum atomic E-state index is 12.4. The van der Waals surface area contributed by atoms with E-state index in [2.05, 4.69) is 16.4 Å². The lowest BCUT2D eigenvalue weighted by atomic mass is 10.3. The van der Waals surface area contributed by atoms with Crippen LogP contribution < -0.4 is 10.1 Å². The minimum Gasteiger partial charge on any atom is -0.439 e. The van der Waals surface area contributed by atoms with E-state index in [1.165, 1.54) is 0 Å². The number of ether oxygens (including phenoxy) is 1. The summed E-state index contributed by atoms with van der Waals surface area (Å²) in [5.74, 6) is 1.18. The van der Waals surface area contributed by atoms with Gasteiger partial charge in [0.15, 0.2) is 0 Å². The highest BCUT2D eigenvalue weighted by Gasteiger charge is 2.32. The standard InChI is InChI=1S/C19H20N4O2/c1-14-3-10-18(21-13-14)25-17-8-4-15(5-9-17)22-19(24)23(12-2-11-20)16-6-7-16/h3-5,8-10,13,16H,2,6-7,12H2,1H3,(H,22,24). The number of hydrogen-bond acceptors (Lipinski definition) is 4. The van der Waals surface area contributed by atoms with E-state index < -0.39 is 0 Å². The fourth-order valence-electron chi connectivity index (χ4n) is 2.44. The Labute approximate surface area is 147 Å². The number of pyridine rings is 1. The van der Waals surface area contributed by atoms with E-state index >= 15 is 0 Å². The molecule has 128 valence electrons. The van der Waals surface area contributed by atoms with Crippen LogP contribution in [0.2, 0.25) is 0 Å². The molecule has 1 aliphatic rings. The number of nitrogens with zero attached hydrogens (tertiary/aromatic N) is 3. The monoisotopic (exact) mass is 336 g/mol. The highest BCUT2D eigenvalue weighted by atomic mass is 16.5. The van der Waals surface area contributed by atoms with Crippen molar-refractivity contribution >= 4 is 11.7 Å². The molecule has 0 saturated heterocycles. The van der Waals surface area contributed by atoms with Crippen LogP contribution in [0.25, 0.3) is 0 Å². The number of urea groups is 1. The molecule has 2 aromatic rings. The van der Waals surface area contributed by atoms with Crippen molar-refractivity contribution in [1.29, 1.82) is 5.26 Å². The molecule has 1 aromatic heterocycles. The number of amides is 2. The summed E-state index contributed by atoms with van der Waals surface area (Å²) < 4.78 is 5.67. The van der Waals surface area contributed by atoms with Gasteiger partial charge in [0.1, 0.15) is 5.75 Å². The average molecular weight is 336 g/mol. The van der Waals surface area contributed by atoms with Crippen molar-refractivity contribution < 1.29 is 9.53 Å². The first-order chi connectivity index (χ1) is 12.2. The molecule has 1 saturated carbocycles. The molecule has 0 spiro atoms. The van der Waals surface area contributed by atoms with Crippen LogP contribution in [0.3, 0.4) is 0 Å². The Kier molecular flexibility index (Phi) is 5.14. The summed E-state index contributed by atoms with van der Waals surface area (Å²) in [5.41, 5.74) is 1.76. The van der Waals surface area contributed by atoms with Crippen LogP contribution in [-0.2, 0) is 0 Å². The van der Waals surface area contributed by atoms with Gasteiger partial charge in [0.25, 0.3) is 0 Å². The Morgan fingerprint density at radius 3 is 2.68 bits per heavy atom. The molecule has 0 radical (unpaired) electrons. The van der Waals surface area contributed by atoms with E-state index in [-0.39, 0.29) is 12.1 Å². The lowest BCUT2D eigenvalue weighted by Gasteiger charge is -2.21. The van der Waals surface area contributed by atoms with Gasteiger partial charge in [-0.3, -0.25) is 0 Å². The van der Waals surface area contributed by atoms with Gasteiger partial charge >= 0.3 is 6.03 Å². The summed E-state index contributed by atoms with van der Waals surface area (Å²) in [7, 11) is 0. The zero-order valence-electron chi connectivity index (χ0n) is 14.1. The van der Waals surface area contributed by atoms with Gasteiger partial charge in [-0.05, 0) is 49.6 Å². The van der Waals surface area contributed by atoms with Crippen LogP contribution in [0.4, 0.5) is 10.5 Å². The van der Waals surface area contributed by atoms with Gasteiger partial charge in [-0.15, -0.1) is 0 Å². The fourth-order valence-corrected chi connectivity index (χ4v) is 2.44. The van der Waals surface area contributed by atoms with Crippen molar-refractivity contribution in [3.05, 3.63) is 48.2 Å². The molecule has 1 fully saturated rings. The second-order valence-electron chi connectivity index (χ2n) is 6.06. The van der Waals surface area contributed by atoms with Crippen molar-refractivity contribution in [2.24, 2.45) is 0 Å². The van der Waals surface area contributed by atoms with Crippen molar-refractivity contribution in [3.8, 4) is 17.7 Å².